The second-order valence-electron chi connectivity index (χ2n) is 6.91. The van der Waals surface area contributed by atoms with Crippen molar-refractivity contribution in [3.8, 4) is 0 Å². The fourth-order valence-corrected chi connectivity index (χ4v) is 3.76. The van der Waals surface area contributed by atoms with E-state index in [9.17, 15) is 4.79 Å². The maximum atomic E-state index is 12.4. The first-order valence-corrected chi connectivity index (χ1v) is 9.00. The summed E-state index contributed by atoms with van der Waals surface area (Å²) in [7, 11) is 0. The maximum Gasteiger partial charge on any atom is 0.230 e. The molecule has 128 valence electrons. The van der Waals surface area contributed by atoms with Crippen molar-refractivity contribution in [2.45, 2.75) is 58.4 Å². The van der Waals surface area contributed by atoms with E-state index in [0.29, 0.717) is 24.2 Å². The number of aryl methyl sites for hydroxylation is 1. The summed E-state index contributed by atoms with van der Waals surface area (Å²) in [5, 5.41) is 7.93. The van der Waals surface area contributed by atoms with Crippen LogP contribution in [0.4, 0.5) is 0 Å². The van der Waals surface area contributed by atoms with E-state index in [-0.39, 0.29) is 0 Å². The number of nitrogens with zero attached hydrogens (tertiary/aromatic N) is 4. The Balaban J connectivity index is 1.42. The van der Waals surface area contributed by atoms with Gasteiger partial charge in [-0.15, -0.1) is 10.2 Å². The Bertz CT molecular complexity index is 510. The lowest BCUT2D eigenvalue weighted by molar-refractivity contribution is -0.131. The fraction of sp³-hybridized carbons (Fsp3) is 0.824. The highest BCUT2D eigenvalue weighted by Gasteiger charge is 2.22. The maximum absolute atomic E-state index is 12.4. The lowest BCUT2D eigenvalue weighted by atomic mass is 10.0. The van der Waals surface area contributed by atoms with Crippen LogP contribution >= 0.6 is 0 Å². The van der Waals surface area contributed by atoms with Gasteiger partial charge < -0.3 is 9.32 Å². The lowest BCUT2D eigenvalue weighted by Crippen LogP contribution is -2.35. The van der Waals surface area contributed by atoms with E-state index < -0.39 is 0 Å². The molecule has 0 bridgehead atoms. The molecule has 1 saturated carbocycles. The quantitative estimate of drug-likeness (QED) is 0.833. The van der Waals surface area contributed by atoms with E-state index in [1.54, 1.807) is 0 Å². The van der Waals surface area contributed by atoms with Crippen LogP contribution in [0.2, 0.25) is 0 Å². The van der Waals surface area contributed by atoms with Gasteiger partial charge in [0.25, 0.3) is 0 Å². The van der Waals surface area contributed by atoms with E-state index in [1.165, 1.54) is 25.7 Å². The summed E-state index contributed by atoms with van der Waals surface area (Å²) < 4.78 is 5.45. The molecule has 2 heterocycles. The number of carbonyl (C=O) groups excluding carboxylic acids is 1. The van der Waals surface area contributed by atoms with Crippen LogP contribution in [0.5, 0.6) is 0 Å². The summed E-state index contributed by atoms with van der Waals surface area (Å²) in [4.78, 5) is 16.8. The zero-order chi connectivity index (χ0) is 16.1. The van der Waals surface area contributed by atoms with Crippen LogP contribution < -0.4 is 0 Å². The van der Waals surface area contributed by atoms with Gasteiger partial charge in [-0.05, 0) is 18.8 Å². The summed E-state index contributed by atoms with van der Waals surface area (Å²) in [6.07, 6.45) is 8.19. The molecular formula is C17H28N4O2. The van der Waals surface area contributed by atoms with Crippen molar-refractivity contribution in [2.24, 2.45) is 5.92 Å². The van der Waals surface area contributed by atoms with E-state index in [4.69, 9.17) is 4.42 Å². The van der Waals surface area contributed by atoms with Crippen molar-refractivity contribution in [1.82, 2.24) is 20.0 Å². The number of hydrogen-bond acceptors (Lipinski definition) is 5. The van der Waals surface area contributed by atoms with Crippen LogP contribution in [0.25, 0.3) is 0 Å². The van der Waals surface area contributed by atoms with Gasteiger partial charge in [-0.25, -0.2) is 0 Å². The number of hydrogen-bond donors (Lipinski definition) is 0. The number of rotatable bonds is 5. The van der Waals surface area contributed by atoms with Crippen LogP contribution in [0, 0.1) is 12.8 Å². The third-order valence-corrected chi connectivity index (χ3v) is 5.11. The minimum atomic E-state index is 0.340. The molecule has 6 nitrogen and oxygen atoms in total. The zero-order valence-corrected chi connectivity index (χ0v) is 14.2. The second kappa shape index (κ2) is 7.90. The number of aromatic nitrogens is 2. The van der Waals surface area contributed by atoms with Crippen LogP contribution in [0.15, 0.2) is 4.42 Å². The molecule has 2 aliphatic rings. The summed E-state index contributed by atoms with van der Waals surface area (Å²) >= 11 is 0. The second-order valence-corrected chi connectivity index (χ2v) is 6.91. The minimum Gasteiger partial charge on any atom is -0.424 e. The van der Waals surface area contributed by atoms with Gasteiger partial charge in [-0.3, -0.25) is 9.69 Å². The molecular weight excluding hydrogens is 292 g/mol. The van der Waals surface area contributed by atoms with Gasteiger partial charge in [-0.2, -0.15) is 0 Å². The molecule has 1 saturated heterocycles. The van der Waals surface area contributed by atoms with Crippen molar-refractivity contribution in [3.63, 3.8) is 0 Å². The third kappa shape index (κ3) is 4.77. The van der Waals surface area contributed by atoms with Crippen molar-refractivity contribution < 1.29 is 9.21 Å². The molecule has 0 atom stereocenters. The van der Waals surface area contributed by atoms with Gasteiger partial charge in [0.1, 0.15) is 0 Å². The van der Waals surface area contributed by atoms with Crippen LogP contribution in [0.3, 0.4) is 0 Å². The first kappa shape index (κ1) is 16.4. The topological polar surface area (TPSA) is 62.5 Å². The molecule has 1 aromatic heterocycles. The highest BCUT2D eigenvalue weighted by molar-refractivity contribution is 5.76. The molecule has 0 spiro atoms. The Kier molecular flexibility index (Phi) is 5.65. The monoisotopic (exact) mass is 320 g/mol. The van der Waals surface area contributed by atoms with Gasteiger partial charge in [0.15, 0.2) is 0 Å². The van der Waals surface area contributed by atoms with Crippen molar-refractivity contribution >= 4 is 5.91 Å². The first-order chi connectivity index (χ1) is 11.2. The van der Waals surface area contributed by atoms with Crippen molar-refractivity contribution in [3.05, 3.63) is 11.8 Å². The highest BCUT2D eigenvalue weighted by atomic mass is 16.4. The summed E-state index contributed by atoms with van der Waals surface area (Å²) in [6.45, 7) is 6.05. The van der Waals surface area contributed by atoms with Crippen LogP contribution in [0.1, 0.15) is 56.7 Å². The molecule has 1 aromatic rings. The number of amides is 1. The molecule has 1 aliphatic heterocycles. The first-order valence-electron chi connectivity index (χ1n) is 9.00. The molecule has 0 radical (unpaired) electrons. The zero-order valence-electron chi connectivity index (χ0n) is 14.2. The number of carbonyl (C=O) groups is 1. The van der Waals surface area contributed by atoms with Crippen molar-refractivity contribution in [2.75, 3.05) is 26.2 Å². The predicted octanol–water partition coefficient (Wildman–Crippen LogP) is 2.38. The van der Waals surface area contributed by atoms with E-state index in [1.807, 2.05) is 11.8 Å². The third-order valence-electron chi connectivity index (χ3n) is 5.11. The van der Waals surface area contributed by atoms with Gasteiger partial charge in [0, 0.05) is 39.5 Å². The largest absolute Gasteiger partial charge is 0.424 e. The molecule has 0 unspecified atom stereocenters. The highest BCUT2D eigenvalue weighted by Crippen LogP contribution is 2.28. The van der Waals surface area contributed by atoms with Crippen LogP contribution in [-0.2, 0) is 11.3 Å². The van der Waals surface area contributed by atoms with E-state index in [0.717, 1.165) is 51.4 Å². The molecule has 3 rings (SSSR count). The van der Waals surface area contributed by atoms with E-state index in [2.05, 4.69) is 15.1 Å². The smallest absolute Gasteiger partial charge is 0.230 e. The normalized spacial score (nSPS) is 20.8. The lowest BCUT2D eigenvalue weighted by Gasteiger charge is -2.22. The molecule has 23 heavy (non-hydrogen) atoms. The molecule has 1 aliphatic carbocycles. The molecule has 0 aromatic carbocycles. The molecule has 6 heteroatoms. The average molecular weight is 320 g/mol. The molecule has 2 fully saturated rings. The Morgan fingerprint density at radius 3 is 2.70 bits per heavy atom. The van der Waals surface area contributed by atoms with Crippen molar-refractivity contribution in [1.29, 1.82) is 0 Å². The Labute approximate surface area is 138 Å². The predicted molar refractivity (Wildman–Crippen MR) is 86.7 cm³/mol. The fourth-order valence-electron chi connectivity index (χ4n) is 3.76. The molecule has 0 N–H and O–H groups in total. The summed E-state index contributed by atoms with van der Waals surface area (Å²) in [5.74, 6) is 2.41. The molecule has 1 amide bonds. The minimum absolute atomic E-state index is 0.340. The van der Waals surface area contributed by atoms with Crippen LogP contribution in [-0.4, -0.2) is 52.1 Å². The van der Waals surface area contributed by atoms with Gasteiger partial charge >= 0.3 is 0 Å². The Hall–Kier alpha value is -1.43. The van der Waals surface area contributed by atoms with Gasteiger partial charge in [0.05, 0.1) is 6.54 Å². The van der Waals surface area contributed by atoms with Gasteiger partial charge in [-0.1, -0.05) is 25.7 Å². The average Bonchev–Trinajstić information content (AvgIpc) is 3.13. The standard InChI is InChI=1S/C17H28N4O2/c1-14-18-19-16(23-14)13-20-9-4-10-21(12-11-20)17(22)8-7-15-5-2-3-6-15/h15H,2-13H2,1H3. The Morgan fingerprint density at radius 2 is 1.96 bits per heavy atom. The SMILES string of the molecule is Cc1nnc(CN2CCCN(C(=O)CCC3CCCC3)CC2)o1. The van der Waals surface area contributed by atoms with E-state index >= 15 is 0 Å². The Morgan fingerprint density at radius 1 is 1.13 bits per heavy atom. The van der Waals surface area contributed by atoms with Gasteiger partial charge in [0.2, 0.25) is 17.7 Å². The summed E-state index contributed by atoms with van der Waals surface area (Å²) in [5.41, 5.74) is 0. The summed E-state index contributed by atoms with van der Waals surface area (Å²) in [6, 6.07) is 0.